The van der Waals surface area contributed by atoms with Crippen LogP contribution in [0.25, 0.3) is 0 Å². The minimum Gasteiger partial charge on any atom is -0.490 e. The van der Waals surface area contributed by atoms with Crippen molar-refractivity contribution in [1.29, 1.82) is 0 Å². The van der Waals surface area contributed by atoms with Gasteiger partial charge in [-0.3, -0.25) is 0 Å². The molecule has 4 heteroatoms. The second-order valence-electron chi connectivity index (χ2n) is 4.25. The minimum absolute atomic E-state index is 0.263. The van der Waals surface area contributed by atoms with Crippen LogP contribution in [-0.4, -0.2) is 31.5 Å². The maximum absolute atomic E-state index is 8.70. The van der Waals surface area contributed by atoms with Crippen LogP contribution in [0.15, 0.2) is 18.2 Å². The van der Waals surface area contributed by atoms with Crippen LogP contribution in [-0.2, 0) is 6.54 Å². The zero-order chi connectivity index (χ0) is 13.9. The van der Waals surface area contributed by atoms with Crippen molar-refractivity contribution in [3.8, 4) is 11.5 Å². The lowest BCUT2D eigenvalue weighted by molar-refractivity contribution is 0.283. The summed E-state index contributed by atoms with van der Waals surface area (Å²) < 4.78 is 11.1. The average molecular weight is 267 g/mol. The summed E-state index contributed by atoms with van der Waals surface area (Å²) in [5, 5.41) is 12.1. The lowest BCUT2D eigenvalue weighted by Crippen LogP contribution is -2.15. The van der Waals surface area contributed by atoms with Crippen LogP contribution in [0.2, 0.25) is 0 Å². The first kappa shape index (κ1) is 15.8. The van der Waals surface area contributed by atoms with Gasteiger partial charge in [0.05, 0.1) is 13.2 Å². The van der Waals surface area contributed by atoms with Crippen molar-refractivity contribution in [2.75, 3.05) is 26.4 Å². The van der Waals surface area contributed by atoms with E-state index in [9.17, 15) is 0 Å². The van der Waals surface area contributed by atoms with Crippen LogP contribution in [0.5, 0.6) is 11.5 Å². The zero-order valence-corrected chi connectivity index (χ0v) is 11.9. The van der Waals surface area contributed by atoms with Gasteiger partial charge >= 0.3 is 0 Å². The molecule has 0 fully saturated rings. The summed E-state index contributed by atoms with van der Waals surface area (Å²) in [6.07, 6.45) is 1.84. The Labute approximate surface area is 115 Å². The number of benzene rings is 1. The number of unbranched alkanes of at least 4 members (excludes halogenated alkanes) is 1. The fourth-order valence-electron chi connectivity index (χ4n) is 1.80. The summed E-state index contributed by atoms with van der Waals surface area (Å²) in [5.41, 5.74) is 1.18. The predicted molar refractivity (Wildman–Crippen MR) is 76.8 cm³/mol. The van der Waals surface area contributed by atoms with Crippen molar-refractivity contribution in [2.24, 2.45) is 0 Å². The number of hydrogen-bond acceptors (Lipinski definition) is 4. The Morgan fingerprint density at radius 3 is 2.47 bits per heavy atom. The Hall–Kier alpha value is -1.26. The first-order valence-electron chi connectivity index (χ1n) is 7.01. The first-order valence-corrected chi connectivity index (χ1v) is 7.01. The van der Waals surface area contributed by atoms with Crippen molar-refractivity contribution in [1.82, 2.24) is 5.32 Å². The molecule has 2 N–H and O–H groups in total. The number of nitrogens with one attached hydrogen (secondary N) is 1. The van der Waals surface area contributed by atoms with Crippen molar-refractivity contribution in [3.63, 3.8) is 0 Å². The molecule has 0 unspecified atom stereocenters. The molecule has 0 aliphatic heterocycles. The third-order valence-corrected chi connectivity index (χ3v) is 2.70. The zero-order valence-electron chi connectivity index (χ0n) is 11.9. The van der Waals surface area contributed by atoms with E-state index in [2.05, 4.69) is 5.32 Å². The molecule has 0 saturated carbocycles. The number of rotatable bonds is 10. The van der Waals surface area contributed by atoms with Gasteiger partial charge in [-0.1, -0.05) is 6.07 Å². The van der Waals surface area contributed by atoms with Crippen LogP contribution in [0.3, 0.4) is 0 Å². The van der Waals surface area contributed by atoms with Crippen molar-refractivity contribution < 1.29 is 14.6 Å². The Morgan fingerprint density at radius 1 is 1.05 bits per heavy atom. The van der Waals surface area contributed by atoms with Gasteiger partial charge in [-0.05, 0) is 50.9 Å². The van der Waals surface area contributed by atoms with Crippen molar-refractivity contribution >= 4 is 0 Å². The Balaban J connectivity index is 2.51. The van der Waals surface area contributed by atoms with Crippen LogP contribution >= 0.6 is 0 Å². The minimum atomic E-state index is 0.263. The quantitative estimate of drug-likeness (QED) is 0.639. The number of aliphatic hydroxyl groups is 1. The second-order valence-corrected chi connectivity index (χ2v) is 4.25. The van der Waals surface area contributed by atoms with Crippen molar-refractivity contribution in [3.05, 3.63) is 23.8 Å². The molecule has 1 rings (SSSR count). The maximum Gasteiger partial charge on any atom is 0.161 e. The molecule has 0 heterocycles. The van der Waals surface area contributed by atoms with E-state index in [0.717, 1.165) is 37.4 Å². The summed E-state index contributed by atoms with van der Waals surface area (Å²) in [5.74, 6) is 1.60. The predicted octanol–water partition coefficient (Wildman–Crippen LogP) is 2.35. The first-order chi connectivity index (χ1) is 9.31. The SMILES string of the molecule is CCOc1ccc(CNCCCCO)cc1OCC. The molecule has 0 atom stereocenters. The monoisotopic (exact) mass is 267 g/mol. The van der Waals surface area contributed by atoms with Gasteiger partial charge in [-0.2, -0.15) is 0 Å². The number of hydrogen-bond donors (Lipinski definition) is 2. The highest BCUT2D eigenvalue weighted by molar-refractivity contribution is 5.43. The third kappa shape index (κ3) is 5.94. The van der Waals surface area contributed by atoms with Gasteiger partial charge in [0.1, 0.15) is 0 Å². The Morgan fingerprint density at radius 2 is 1.79 bits per heavy atom. The lowest BCUT2D eigenvalue weighted by atomic mass is 10.2. The molecule has 0 aliphatic carbocycles. The molecule has 1 aromatic carbocycles. The van der Waals surface area contributed by atoms with Gasteiger partial charge < -0.3 is 19.9 Å². The van der Waals surface area contributed by atoms with E-state index in [-0.39, 0.29) is 6.61 Å². The lowest BCUT2D eigenvalue weighted by Gasteiger charge is -2.12. The molecule has 0 saturated heterocycles. The highest BCUT2D eigenvalue weighted by Gasteiger charge is 2.05. The van der Waals surface area contributed by atoms with Crippen molar-refractivity contribution in [2.45, 2.75) is 33.2 Å². The maximum atomic E-state index is 8.70. The second kappa shape index (κ2) is 9.64. The summed E-state index contributed by atoms with van der Waals surface area (Å²) >= 11 is 0. The number of aliphatic hydroxyl groups excluding tert-OH is 1. The van der Waals surface area contributed by atoms with Crippen LogP contribution in [0.1, 0.15) is 32.3 Å². The summed E-state index contributed by atoms with van der Waals surface area (Å²) in [4.78, 5) is 0. The van der Waals surface area contributed by atoms with Crippen LogP contribution in [0, 0.1) is 0 Å². The fourth-order valence-corrected chi connectivity index (χ4v) is 1.80. The molecule has 19 heavy (non-hydrogen) atoms. The largest absolute Gasteiger partial charge is 0.490 e. The van der Waals surface area contributed by atoms with Gasteiger partial charge in [0.15, 0.2) is 11.5 Å². The van der Waals surface area contributed by atoms with E-state index in [0.29, 0.717) is 13.2 Å². The van der Waals surface area contributed by atoms with E-state index in [1.165, 1.54) is 5.56 Å². The topological polar surface area (TPSA) is 50.7 Å². The molecule has 0 aliphatic rings. The average Bonchev–Trinajstić information content (AvgIpc) is 2.42. The molecule has 0 radical (unpaired) electrons. The highest BCUT2D eigenvalue weighted by Crippen LogP contribution is 2.28. The van der Waals surface area contributed by atoms with Gasteiger partial charge in [0.2, 0.25) is 0 Å². The molecule has 0 spiro atoms. The summed E-state index contributed by atoms with van der Waals surface area (Å²) in [6.45, 7) is 7.18. The Bertz CT molecular complexity index is 355. The van der Waals surface area contributed by atoms with E-state index >= 15 is 0 Å². The standard InChI is InChI=1S/C15H25NO3/c1-3-18-14-8-7-13(11-15(14)19-4-2)12-16-9-5-6-10-17/h7-8,11,16-17H,3-6,9-10,12H2,1-2H3. The van der Waals surface area contributed by atoms with E-state index in [1.54, 1.807) is 0 Å². The molecule has 0 aromatic heterocycles. The van der Waals surface area contributed by atoms with Crippen LogP contribution < -0.4 is 14.8 Å². The summed E-state index contributed by atoms with van der Waals surface area (Å²) in [7, 11) is 0. The van der Waals surface area contributed by atoms with Gasteiger partial charge in [-0.25, -0.2) is 0 Å². The molecular formula is C15H25NO3. The normalized spacial score (nSPS) is 10.5. The smallest absolute Gasteiger partial charge is 0.161 e. The van der Waals surface area contributed by atoms with Gasteiger partial charge in [0.25, 0.3) is 0 Å². The van der Waals surface area contributed by atoms with E-state index in [4.69, 9.17) is 14.6 Å². The fraction of sp³-hybridized carbons (Fsp3) is 0.600. The Kier molecular flexibility index (Phi) is 8.02. The van der Waals surface area contributed by atoms with E-state index in [1.807, 2.05) is 32.0 Å². The molecule has 108 valence electrons. The van der Waals surface area contributed by atoms with Gasteiger partial charge in [-0.15, -0.1) is 0 Å². The van der Waals surface area contributed by atoms with E-state index < -0.39 is 0 Å². The molecule has 0 bridgehead atoms. The molecular weight excluding hydrogens is 242 g/mol. The van der Waals surface area contributed by atoms with Gasteiger partial charge in [0, 0.05) is 13.2 Å². The highest BCUT2D eigenvalue weighted by atomic mass is 16.5. The summed E-state index contributed by atoms with van der Waals surface area (Å²) in [6, 6.07) is 6.03. The third-order valence-electron chi connectivity index (χ3n) is 2.70. The molecule has 0 amide bonds. The molecule has 4 nitrogen and oxygen atoms in total. The van der Waals surface area contributed by atoms with Crippen LogP contribution in [0.4, 0.5) is 0 Å². The number of ether oxygens (including phenoxy) is 2. The molecule has 1 aromatic rings.